The summed E-state index contributed by atoms with van der Waals surface area (Å²) in [5, 5.41) is 0. The molecule has 4 nitrogen and oxygen atoms in total. The molecule has 0 spiro atoms. The second kappa shape index (κ2) is 7.98. The number of rotatable bonds is 8. The minimum atomic E-state index is -3.35. The van der Waals surface area contributed by atoms with E-state index in [0.717, 1.165) is 5.56 Å². The molecule has 0 saturated carbocycles. The molecule has 0 aliphatic rings. The van der Waals surface area contributed by atoms with E-state index < -0.39 is 10.0 Å². The minimum absolute atomic E-state index is 0.0489. The first-order valence-electron chi connectivity index (χ1n) is 6.59. The van der Waals surface area contributed by atoms with Crippen LogP contribution >= 0.6 is 11.6 Å². The van der Waals surface area contributed by atoms with Gasteiger partial charge in [0, 0.05) is 12.4 Å². The molecule has 114 valence electrons. The number of hydrogen-bond donors (Lipinski definition) is 1. The molecule has 0 aliphatic carbocycles. The fourth-order valence-corrected chi connectivity index (χ4v) is 3.79. The van der Waals surface area contributed by atoms with Gasteiger partial charge in [0.25, 0.3) is 0 Å². The van der Waals surface area contributed by atoms with Crippen molar-refractivity contribution >= 4 is 21.6 Å². The molecule has 0 aliphatic heterocycles. The van der Waals surface area contributed by atoms with Gasteiger partial charge in [-0.25, -0.2) is 13.1 Å². The summed E-state index contributed by atoms with van der Waals surface area (Å²) in [6.07, 6.45) is 0. The average molecular weight is 319 g/mol. The average Bonchev–Trinajstić information content (AvgIpc) is 2.37. The molecule has 2 unspecified atom stereocenters. The first-order chi connectivity index (χ1) is 9.34. The van der Waals surface area contributed by atoms with E-state index in [4.69, 9.17) is 11.6 Å². The van der Waals surface area contributed by atoms with Crippen molar-refractivity contribution in [3.05, 3.63) is 35.9 Å². The third-order valence-corrected chi connectivity index (χ3v) is 5.02. The number of alkyl halides is 1. The maximum atomic E-state index is 12.2. The predicted octanol–water partition coefficient (Wildman–Crippen LogP) is 2.08. The molecule has 0 aromatic heterocycles. The number of nitrogens with one attached hydrogen (secondary N) is 1. The monoisotopic (exact) mass is 318 g/mol. The van der Waals surface area contributed by atoms with Crippen LogP contribution in [0.1, 0.15) is 18.5 Å². The molecule has 0 heterocycles. The molecule has 1 aromatic rings. The van der Waals surface area contributed by atoms with Crippen molar-refractivity contribution in [2.45, 2.75) is 13.0 Å². The van der Waals surface area contributed by atoms with Crippen molar-refractivity contribution in [2.75, 3.05) is 32.3 Å². The zero-order chi connectivity index (χ0) is 15.2. The van der Waals surface area contributed by atoms with E-state index in [-0.39, 0.29) is 17.7 Å². The molecule has 0 radical (unpaired) electrons. The Morgan fingerprint density at radius 3 is 2.35 bits per heavy atom. The molecule has 20 heavy (non-hydrogen) atoms. The van der Waals surface area contributed by atoms with Gasteiger partial charge in [-0.1, -0.05) is 37.3 Å². The first-order valence-corrected chi connectivity index (χ1v) is 8.78. The van der Waals surface area contributed by atoms with Crippen LogP contribution in [0.15, 0.2) is 30.3 Å². The van der Waals surface area contributed by atoms with E-state index in [2.05, 4.69) is 4.72 Å². The number of nitrogens with zero attached hydrogens (tertiary/aromatic N) is 1. The van der Waals surface area contributed by atoms with Crippen LogP contribution in [0, 0.1) is 5.92 Å². The van der Waals surface area contributed by atoms with Gasteiger partial charge in [-0.3, -0.25) is 0 Å². The summed E-state index contributed by atoms with van der Waals surface area (Å²) in [4.78, 5) is 1.96. The lowest BCUT2D eigenvalue weighted by Crippen LogP contribution is -2.37. The quantitative estimate of drug-likeness (QED) is 0.747. The van der Waals surface area contributed by atoms with E-state index in [1.54, 1.807) is 0 Å². The number of benzene rings is 1. The van der Waals surface area contributed by atoms with Crippen molar-refractivity contribution in [2.24, 2.45) is 5.92 Å². The summed E-state index contributed by atoms with van der Waals surface area (Å²) in [5.74, 6) is 0.322. The van der Waals surface area contributed by atoms with Gasteiger partial charge in [-0.2, -0.15) is 0 Å². The molecule has 1 rings (SSSR count). The maximum absolute atomic E-state index is 12.2. The van der Waals surface area contributed by atoms with E-state index in [1.165, 1.54) is 0 Å². The van der Waals surface area contributed by atoms with Crippen LogP contribution in [0.3, 0.4) is 0 Å². The molecule has 2 atom stereocenters. The van der Waals surface area contributed by atoms with Crippen LogP contribution in [0.25, 0.3) is 0 Å². The number of likely N-dealkylation sites (N-methyl/N-ethyl adjacent to an activating group) is 1. The van der Waals surface area contributed by atoms with Crippen molar-refractivity contribution in [1.82, 2.24) is 9.62 Å². The van der Waals surface area contributed by atoms with Crippen LogP contribution < -0.4 is 4.72 Å². The summed E-state index contributed by atoms with van der Waals surface area (Å²) in [7, 11) is 0.497. The van der Waals surface area contributed by atoms with Gasteiger partial charge in [0.1, 0.15) is 0 Å². The van der Waals surface area contributed by atoms with Gasteiger partial charge in [0.2, 0.25) is 10.0 Å². The summed E-state index contributed by atoms with van der Waals surface area (Å²) in [6, 6.07) is 9.35. The van der Waals surface area contributed by atoms with Crippen LogP contribution in [-0.2, 0) is 10.0 Å². The summed E-state index contributed by atoms with van der Waals surface area (Å²) < 4.78 is 27.1. The zero-order valence-corrected chi connectivity index (χ0v) is 13.8. The second-order valence-corrected chi connectivity index (χ2v) is 7.49. The standard InChI is InChI=1S/C14H23ClN2O2S/c1-12(9-15)11-20(18,19)16-14(10-17(2)3)13-7-5-4-6-8-13/h4-8,12,14,16H,9-11H2,1-3H3. The molecular formula is C14H23ClN2O2S. The van der Waals surface area contributed by atoms with E-state index >= 15 is 0 Å². The van der Waals surface area contributed by atoms with Crippen molar-refractivity contribution < 1.29 is 8.42 Å². The molecule has 1 N–H and O–H groups in total. The van der Waals surface area contributed by atoms with Crippen molar-refractivity contribution in [3.8, 4) is 0 Å². The Balaban J connectivity index is 2.85. The van der Waals surface area contributed by atoms with Crippen LogP contribution in [-0.4, -0.2) is 45.6 Å². The van der Waals surface area contributed by atoms with Gasteiger partial charge in [-0.05, 0) is 25.6 Å². The van der Waals surface area contributed by atoms with Gasteiger partial charge in [-0.15, -0.1) is 11.6 Å². The summed E-state index contributed by atoms with van der Waals surface area (Å²) in [6.45, 7) is 2.44. The fraction of sp³-hybridized carbons (Fsp3) is 0.571. The van der Waals surface area contributed by atoms with Crippen molar-refractivity contribution in [3.63, 3.8) is 0 Å². The number of halogens is 1. The van der Waals surface area contributed by atoms with E-state index in [1.807, 2.05) is 56.3 Å². The Morgan fingerprint density at radius 2 is 1.85 bits per heavy atom. The van der Waals surface area contributed by atoms with Gasteiger partial charge >= 0.3 is 0 Å². The van der Waals surface area contributed by atoms with Crippen LogP contribution in [0.5, 0.6) is 0 Å². The Morgan fingerprint density at radius 1 is 1.25 bits per heavy atom. The normalized spacial score (nSPS) is 15.2. The highest BCUT2D eigenvalue weighted by atomic mass is 35.5. The predicted molar refractivity (Wildman–Crippen MR) is 84.5 cm³/mol. The third kappa shape index (κ3) is 6.22. The first kappa shape index (κ1) is 17.4. The lowest BCUT2D eigenvalue weighted by atomic mass is 10.1. The molecule has 0 bridgehead atoms. The molecule has 6 heteroatoms. The SMILES string of the molecule is CC(CCl)CS(=O)(=O)NC(CN(C)C)c1ccccc1. The van der Waals surface area contributed by atoms with E-state index in [9.17, 15) is 8.42 Å². The van der Waals surface area contributed by atoms with E-state index in [0.29, 0.717) is 12.4 Å². The molecule has 0 saturated heterocycles. The number of sulfonamides is 1. The highest BCUT2D eigenvalue weighted by Crippen LogP contribution is 2.15. The number of hydrogen-bond acceptors (Lipinski definition) is 3. The third-order valence-electron chi connectivity index (χ3n) is 2.84. The Bertz CT molecular complexity index is 491. The van der Waals surface area contributed by atoms with Crippen LogP contribution in [0.4, 0.5) is 0 Å². The topological polar surface area (TPSA) is 49.4 Å². The Hall–Kier alpha value is -0.620. The lowest BCUT2D eigenvalue weighted by molar-refractivity contribution is 0.363. The molecule has 0 amide bonds. The van der Waals surface area contributed by atoms with Gasteiger partial charge in [0.05, 0.1) is 11.8 Å². The summed E-state index contributed by atoms with van der Waals surface area (Å²) in [5.41, 5.74) is 0.961. The lowest BCUT2D eigenvalue weighted by Gasteiger charge is -2.23. The van der Waals surface area contributed by atoms with Gasteiger partial charge < -0.3 is 4.90 Å². The second-order valence-electron chi connectivity index (χ2n) is 5.38. The fourth-order valence-electron chi connectivity index (χ4n) is 1.95. The molecule has 1 aromatic carbocycles. The molecule has 0 fully saturated rings. The Labute approximate surface area is 127 Å². The smallest absolute Gasteiger partial charge is 0.212 e. The highest BCUT2D eigenvalue weighted by Gasteiger charge is 2.21. The summed E-state index contributed by atoms with van der Waals surface area (Å²) >= 11 is 5.70. The largest absolute Gasteiger partial charge is 0.307 e. The van der Waals surface area contributed by atoms with Crippen molar-refractivity contribution in [1.29, 1.82) is 0 Å². The Kier molecular flexibility index (Phi) is 6.95. The molecular weight excluding hydrogens is 296 g/mol. The van der Waals surface area contributed by atoms with Crippen LogP contribution in [0.2, 0.25) is 0 Å². The van der Waals surface area contributed by atoms with Gasteiger partial charge in [0.15, 0.2) is 0 Å². The minimum Gasteiger partial charge on any atom is -0.307 e. The zero-order valence-electron chi connectivity index (χ0n) is 12.2. The maximum Gasteiger partial charge on any atom is 0.212 e. The highest BCUT2D eigenvalue weighted by molar-refractivity contribution is 7.89.